The SMILES string of the molecule is Cn1ccnc1CCNc1ccc(OC(F)(F)F)cc1. The molecule has 7 heteroatoms. The van der Waals surface area contributed by atoms with E-state index in [1.165, 1.54) is 12.1 Å². The first kappa shape index (κ1) is 14.2. The number of aryl methyl sites for hydroxylation is 1. The second kappa shape index (κ2) is 5.85. The third-order valence-corrected chi connectivity index (χ3v) is 2.69. The van der Waals surface area contributed by atoms with Crippen LogP contribution < -0.4 is 10.1 Å². The summed E-state index contributed by atoms with van der Waals surface area (Å²) >= 11 is 0. The Morgan fingerprint density at radius 3 is 2.50 bits per heavy atom. The van der Waals surface area contributed by atoms with Gasteiger partial charge < -0.3 is 14.6 Å². The van der Waals surface area contributed by atoms with Crippen molar-refractivity contribution in [3.05, 3.63) is 42.5 Å². The van der Waals surface area contributed by atoms with Gasteiger partial charge in [0.15, 0.2) is 0 Å². The third-order valence-electron chi connectivity index (χ3n) is 2.69. The molecular formula is C13H14F3N3O. The van der Waals surface area contributed by atoms with Crippen molar-refractivity contribution in [2.24, 2.45) is 7.05 Å². The first-order chi connectivity index (χ1) is 9.44. The van der Waals surface area contributed by atoms with E-state index in [0.717, 1.165) is 17.9 Å². The molecule has 20 heavy (non-hydrogen) atoms. The van der Waals surface area contributed by atoms with Gasteiger partial charge in [0.1, 0.15) is 11.6 Å². The van der Waals surface area contributed by atoms with Crippen LogP contribution in [0.5, 0.6) is 5.75 Å². The zero-order valence-electron chi connectivity index (χ0n) is 10.8. The monoisotopic (exact) mass is 285 g/mol. The van der Waals surface area contributed by atoms with Crippen LogP contribution >= 0.6 is 0 Å². The minimum Gasteiger partial charge on any atom is -0.406 e. The number of imidazole rings is 1. The second-order valence-corrected chi connectivity index (χ2v) is 4.20. The maximum absolute atomic E-state index is 12.0. The van der Waals surface area contributed by atoms with Crippen molar-refractivity contribution in [3.63, 3.8) is 0 Å². The molecule has 0 radical (unpaired) electrons. The number of nitrogens with one attached hydrogen (secondary N) is 1. The quantitative estimate of drug-likeness (QED) is 0.918. The van der Waals surface area contributed by atoms with Crippen LogP contribution in [0.4, 0.5) is 18.9 Å². The number of halogens is 3. The summed E-state index contributed by atoms with van der Waals surface area (Å²) in [7, 11) is 1.91. The summed E-state index contributed by atoms with van der Waals surface area (Å²) in [5.74, 6) is 0.710. The molecule has 0 bridgehead atoms. The van der Waals surface area contributed by atoms with Gasteiger partial charge in [-0.3, -0.25) is 0 Å². The Hall–Kier alpha value is -2.18. The molecule has 1 N–H and O–H groups in total. The number of hydrogen-bond acceptors (Lipinski definition) is 3. The summed E-state index contributed by atoms with van der Waals surface area (Å²) in [6.45, 7) is 0.643. The van der Waals surface area contributed by atoms with Gasteiger partial charge in [0, 0.05) is 38.1 Å². The van der Waals surface area contributed by atoms with E-state index in [-0.39, 0.29) is 5.75 Å². The molecule has 0 amide bonds. The zero-order valence-corrected chi connectivity index (χ0v) is 10.8. The van der Waals surface area contributed by atoms with Crippen molar-refractivity contribution in [1.82, 2.24) is 9.55 Å². The second-order valence-electron chi connectivity index (χ2n) is 4.20. The number of alkyl halides is 3. The summed E-state index contributed by atoms with van der Waals surface area (Å²) in [6, 6.07) is 5.63. The average Bonchev–Trinajstić information content (AvgIpc) is 2.76. The van der Waals surface area contributed by atoms with E-state index < -0.39 is 6.36 Å². The van der Waals surface area contributed by atoms with E-state index in [1.54, 1.807) is 18.3 Å². The Kier molecular flexibility index (Phi) is 4.16. The van der Waals surface area contributed by atoms with Crippen LogP contribution in [0, 0.1) is 0 Å². The number of aromatic nitrogens is 2. The van der Waals surface area contributed by atoms with E-state index in [9.17, 15) is 13.2 Å². The molecule has 2 rings (SSSR count). The van der Waals surface area contributed by atoms with E-state index in [4.69, 9.17) is 0 Å². The highest BCUT2D eigenvalue weighted by molar-refractivity contribution is 5.46. The molecule has 1 aromatic heterocycles. The molecule has 0 spiro atoms. The zero-order chi connectivity index (χ0) is 14.6. The molecular weight excluding hydrogens is 271 g/mol. The number of hydrogen-bond donors (Lipinski definition) is 1. The highest BCUT2D eigenvalue weighted by Crippen LogP contribution is 2.23. The highest BCUT2D eigenvalue weighted by atomic mass is 19.4. The van der Waals surface area contributed by atoms with Crippen LogP contribution in [-0.2, 0) is 13.5 Å². The van der Waals surface area contributed by atoms with Gasteiger partial charge in [-0.25, -0.2) is 4.98 Å². The van der Waals surface area contributed by atoms with Gasteiger partial charge in [-0.1, -0.05) is 0 Å². The molecule has 0 saturated carbocycles. The molecule has 2 aromatic rings. The van der Waals surface area contributed by atoms with Crippen LogP contribution in [0.3, 0.4) is 0 Å². The van der Waals surface area contributed by atoms with Gasteiger partial charge in [0.05, 0.1) is 0 Å². The Balaban J connectivity index is 1.83. The highest BCUT2D eigenvalue weighted by Gasteiger charge is 2.30. The molecule has 0 unspecified atom stereocenters. The van der Waals surface area contributed by atoms with E-state index in [1.807, 2.05) is 17.8 Å². The molecule has 0 fully saturated rings. The number of anilines is 1. The van der Waals surface area contributed by atoms with E-state index >= 15 is 0 Å². The Morgan fingerprint density at radius 2 is 1.95 bits per heavy atom. The minimum absolute atomic E-state index is 0.229. The van der Waals surface area contributed by atoms with Crippen LogP contribution in [0.15, 0.2) is 36.7 Å². The van der Waals surface area contributed by atoms with Crippen LogP contribution in [0.2, 0.25) is 0 Å². The lowest BCUT2D eigenvalue weighted by Gasteiger charge is -2.10. The molecule has 0 aliphatic heterocycles. The maximum Gasteiger partial charge on any atom is 0.573 e. The van der Waals surface area contributed by atoms with Gasteiger partial charge in [0.2, 0.25) is 0 Å². The lowest BCUT2D eigenvalue weighted by Crippen LogP contribution is -2.17. The topological polar surface area (TPSA) is 39.1 Å². The first-order valence-electron chi connectivity index (χ1n) is 6.00. The molecule has 0 atom stereocenters. The molecule has 0 aliphatic rings. The fraction of sp³-hybridized carbons (Fsp3) is 0.308. The van der Waals surface area contributed by atoms with Crippen molar-refractivity contribution in [3.8, 4) is 5.75 Å². The number of nitrogens with zero attached hydrogens (tertiary/aromatic N) is 2. The van der Waals surface area contributed by atoms with Gasteiger partial charge >= 0.3 is 6.36 Å². The average molecular weight is 285 g/mol. The van der Waals surface area contributed by atoms with Crippen LogP contribution in [-0.4, -0.2) is 22.5 Å². The van der Waals surface area contributed by atoms with Crippen LogP contribution in [0.25, 0.3) is 0 Å². The Labute approximate surface area is 114 Å². The fourth-order valence-corrected chi connectivity index (χ4v) is 1.73. The van der Waals surface area contributed by atoms with E-state index in [2.05, 4.69) is 15.0 Å². The molecule has 1 heterocycles. The van der Waals surface area contributed by atoms with Gasteiger partial charge in [-0.15, -0.1) is 13.2 Å². The van der Waals surface area contributed by atoms with Crippen molar-refractivity contribution in [2.75, 3.05) is 11.9 Å². The first-order valence-corrected chi connectivity index (χ1v) is 6.00. The van der Waals surface area contributed by atoms with Gasteiger partial charge in [-0.2, -0.15) is 0 Å². The maximum atomic E-state index is 12.0. The largest absolute Gasteiger partial charge is 0.573 e. The summed E-state index contributed by atoms with van der Waals surface area (Å²) in [5.41, 5.74) is 0.730. The standard InChI is InChI=1S/C13H14F3N3O/c1-19-9-8-18-12(19)6-7-17-10-2-4-11(5-3-10)20-13(14,15)16/h2-5,8-9,17H,6-7H2,1H3. The predicted octanol–water partition coefficient (Wildman–Crippen LogP) is 2.97. The van der Waals surface area contributed by atoms with Crippen molar-refractivity contribution >= 4 is 5.69 Å². The Bertz CT molecular complexity index is 549. The van der Waals surface area contributed by atoms with Crippen molar-refractivity contribution in [2.45, 2.75) is 12.8 Å². The lowest BCUT2D eigenvalue weighted by atomic mass is 10.3. The molecule has 108 valence electrons. The summed E-state index contributed by atoms with van der Waals surface area (Å²) < 4.78 is 41.7. The third kappa shape index (κ3) is 4.18. The summed E-state index contributed by atoms with van der Waals surface area (Å²) in [5, 5.41) is 3.11. The van der Waals surface area contributed by atoms with Gasteiger partial charge in [0.25, 0.3) is 0 Å². The molecule has 0 aliphatic carbocycles. The number of rotatable bonds is 5. The Morgan fingerprint density at radius 1 is 1.25 bits per heavy atom. The molecule has 1 aromatic carbocycles. The minimum atomic E-state index is -4.66. The lowest BCUT2D eigenvalue weighted by molar-refractivity contribution is -0.274. The summed E-state index contributed by atoms with van der Waals surface area (Å²) in [4.78, 5) is 4.18. The molecule has 0 saturated heterocycles. The fourth-order valence-electron chi connectivity index (χ4n) is 1.73. The van der Waals surface area contributed by atoms with E-state index in [0.29, 0.717) is 6.54 Å². The normalized spacial score (nSPS) is 11.4. The number of ether oxygens (including phenoxy) is 1. The van der Waals surface area contributed by atoms with Crippen molar-refractivity contribution < 1.29 is 17.9 Å². The predicted molar refractivity (Wildman–Crippen MR) is 68.5 cm³/mol. The van der Waals surface area contributed by atoms with Gasteiger partial charge in [-0.05, 0) is 24.3 Å². The number of benzene rings is 1. The molecule has 4 nitrogen and oxygen atoms in total. The van der Waals surface area contributed by atoms with Crippen LogP contribution in [0.1, 0.15) is 5.82 Å². The van der Waals surface area contributed by atoms with Crippen molar-refractivity contribution in [1.29, 1.82) is 0 Å². The summed E-state index contributed by atoms with van der Waals surface area (Å²) in [6.07, 6.45) is -0.353. The smallest absolute Gasteiger partial charge is 0.406 e.